The van der Waals surface area contributed by atoms with E-state index in [9.17, 15) is 16.8 Å². The number of benzene rings is 3. The second-order valence-corrected chi connectivity index (χ2v) is 16.9. The molecule has 0 bridgehead atoms. The van der Waals surface area contributed by atoms with Crippen molar-refractivity contribution in [3.05, 3.63) is 72.8 Å². The third-order valence-corrected chi connectivity index (χ3v) is 12.9. The van der Waals surface area contributed by atoms with Crippen LogP contribution in [0.1, 0.15) is 41.5 Å². The van der Waals surface area contributed by atoms with Crippen LogP contribution in [0.15, 0.2) is 113 Å². The van der Waals surface area contributed by atoms with E-state index < -0.39 is 35.5 Å². The summed E-state index contributed by atoms with van der Waals surface area (Å²) in [5, 5.41) is 16.1. The van der Waals surface area contributed by atoms with Crippen molar-refractivity contribution < 1.29 is 44.0 Å². The van der Waals surface area contributed by atoms with Gasteiger partial charge in [-0.05, 0) is 88.4 Å². The van der Waals surface area contributed by atoms with Crippen molar-refractivity contribution in [2.24, 2.45) is 30.4 Å². The van der Waals surface area contributed by atoms with Gasteiger partial charge in [0.25, 0.3) is 20.0 Å². The van der Waals surface area contributed by atoms with E-state index in [1.165, 1.54) is 36.4 Å². The minimum Gasteiger partial charge on any atom is -0.302 e. The lowest BCUT2D eigenvalue weighted by molar-refractivity contribution is 0.161. The lowest BCUT2D eigenvalue weighted by Crippen LogP contribution is -2.14. The zero-order valence-corrected chi connectivity index (χ0v) is 33.1. The molecular weight excluding hydrogens is 758 g/mol. The first-order valence-electron chi connectivity index (χ1n) is 16.2. The van der Waals surface area contributed by atoms with E-state index in [2.05, 4.69) is 39.8 Å². The van der Waals surface area contributed by atoms with Crippen LogP contribution >= 0.6 is 15.5 Å². The van der Waals surface area contributed by atoms with Crippen LogP contribution < -0.4 is 9.44 Å². The van der Waals surface area contributed by atoms with Crippen molar-refractivity contribution in [1.82, 2.24) is 0 Å². The topological polar surface area (TPSA) is 222 Å². The second kappa shape index (κ2) is 20.7. The number of hydrogen-bond donors (Lipinski definition) is 2. The van der Waals surface area contributed by atoms with Crippen LogP contribution in [0.4, 0.5) is 22.7 Å². The molecule has 3 aromatic carbocycles. The molecule has 0 amide bonds. The van der Waals surface area contributed by atoms with Gasteiger partial charge in [-0.1, -0.05) is 46.1 Å². The molecule has 0 atom stereocenters. The van der Waals surface area contributed by atoms with Crippen LogP contribution in [0.5, 0.6) is 0 Å². The maximum atomic E-state index is 13.5. The highest BCUT2D eigenvalue weighted by atomic mass is 32.2. The molecule has 0 aliphatic carbocycles. The van der Waals surface area contributed by atoms with Crippen LogP contribution in [0.25, 0.3) is 0 Å². The van der Waals surface area contributed by atoms with Gasteiger partial charge in [0.1, 0.15) is 11.4 Å². The maximum Gasteiger partial charge on any atom is 0.380 e. The first kappa shape index (κ1) is 43.0. The van der Waals surface area contributed by atoms with E-state index in [0.29, 0.717) is 0 Å². The van der Waals surface area contributed by atoms with Gasteiger partial charge in [0.05, 0.1) is 60.8 Å². The van der Waals surface area contributed by atoms with Crippen LogP contribution in [0.3, 0.4) is 0 Å². The normalized spacial score (nSPS) is 12.7. The summed E-state index contributed by atoms with van der Waals surface area (Å²) in [7, 11) is -15.1. The number of nitrogens with zero attached hydrogens (tertiary/aromatic N) is 6. The molecule has 0 aromatic heterocycles. The number of anilines is 2. The summed E-state index contributed by atoms with van der Waals surface area (Å²) in [6.07, 6.45) is 0. The van der Waals surface area contributed by atoms with Gasteiger partial charge in [-0.25, -0.2) is 16.8 Å². The molecule has 52 heavy (non-hydrogen) atoms. The van der Waals surface area contributed by atoms with Gasteiger partial charge in [-0.15, -0.1) is 10.2 Å². The third kappa shape index (κ3) is 12.3. The molecular formula is C30H44N8O10P2S2. The van der Waals surface area contributed by atoms with Crippen molar-refractivity contribution in [3.63, 3.8) is 0 Å². The molecule has 0 spiro atoms. The predicted molar refractivity (Wildman–Crippen MR) is 198 cm³/mol. The van der Waals surface area contributed by atoms with E-state index in [0.717, 1.165) is 0 Å². The minimum absolute atomic E-state index is 0.0664. The molecule has 0 heterocycles. The number of nitrogens with one attached hydrogen (secondary N) is 2. The Kier molecular flexibility index (Phi) is 17.1. The van der Waals surface area contributed by atoms with Gasteiger partial charge in [-0.3, -0.25) is 9.44 Å². The Morgan fingerprint density at radius 1 is 0.500 bits per heavy atom. The fourth-order valence-corrected chi connectivity index (χ4v) is 9.27. The van der Waals surface area contributed by atoms with E-state index >= 15 is 0 Å². The maximum absolute atomic E-state index is 13.5. The van der Waals surface area contributed by atoms with Crippen molar-refractivity contribution in [2.75, 3.05) is 49.1 Å². The Labute approximate surface area is 305 Å². The average molecular weight is 803 g/mol. The smallest absolute Gasteiger partial charge is 0.302 e. The molecule has 0 unspecified atom stereocenters. The molecule has 286 valence electrons. The van der Waals surface area contributed by atoms with Gasteiger partial charge < -0.3 is 27.1 Å². The molecule has 0 saturated heterocycles. The minimum atomic E-state index is -4.23. The molecule has 3 aromatic rings. The van der Waals surface area contributed by atoms with Crippen LogP contribution in [-0.4, -0.2) is 56.5 Å². The highest BCUT2D eigenvalue weighted by Gasteiger charge is 2.25. The second-order valence-electron chi connectivity index (χ2n) is 9.73. The molecule has 0 aliphatic heterocycles. The standard InChI is InChI=1S/C30H44N8O10P2S2/c1-7-43-49(44-8-2,45-9-3)37-35-31-27-23-30(34-52(41,42)26-21-17-14-18-22-26)28(32-36-38-50(46-10-4,47-11-5)48-12-6)24-29(27)33-51(39,40)25-19-15-13-16-20-25/h13-24,33-34H,7-12H2,1-6H3. The Hall–Kier alpha value is -3.42. The SMILES string of the molecule is CCOP(=NN=Nc1cc(NS(=O)(=O)c2ccccc2)c(N=NN=P(OCC)(OCC)OCC)cc1NS(=O)(=O)c1ccccc1)(OCC)OCC. The Bertz CT molecular complexity index is 1800. The van der Waals surface area contributed by atoms with Gasteiger partial charge in [-0.2, -0.15) is 0 Å². The molecule has 3 rings (SSSR count). The zero-order valence-electron chi connectivity index (χ0n) is 29.6. The lowest BCUT2D eigenvalue weighted by atomic mass is 10.2. The van der Waals surface area contributed by atoms with Gasteiger partial charge >= 0.3 is 15.5 Å². The van der Waals surface area contributed by atoms with Crippen molar-refractivity contribution in [3.8, 4) is 0 Å². The molecule has 0 aliphatic rings. The van der Waals surface area contributed by atoms with E-state index in [1.54, 1.807) is 77.9 Å². The number of sulfonamides is 2. The summed E-state index contributed by atoms with van der Waals surface area (Å²) in [6.45, 7) is 11.5. The lowest BCUT2D eigenvalue weighted by Gasteiger charge is -2.20. The van der Waals surface area contributed by atoms with Crippen LogP contribution in [0, 0.1) is 0 Å². The van der Waals surface area contributed by atoms with Crippen molar-refractivity contribution in [2.45, 2.75) is 51.3 Å². The fraction of sp³-hybridized carbons (Fsp3) is 0.400. The van der Waals surface area contributed by atoms with E-state index in [4.69, 9.17) is 27.1 Å². The largest absolute Gasteiger partial charge is 0.380 e. The highest BCUT2D eigenvalue weighted by molar-refractivity contribution is 7.93. The number of rotatable bonds is 22. The van der Waals surface area contributed by atoms with Crippen LogP contribution in [0.2, 0.25) is 0 Å². The molecule has 2 N–H and O–H groups in total. The van der Waals surface area contributed by atoms with Gasteiger partial charge in [0.15, 0.2) is 0 Å². The Balaban J connectivity index is 2.34. The zero-order chi connectivity index (χ0) is 38.1. The van der Waals surface area contributed by atoms with Crippen molar-refractivity contribution in [1.29, 1.82) is 0 Å². The van der Waals surface area contributed by atoms with Crippen molar-refractivity contribution >= 4 is 58.3 Å². The first-order chi connectivity index (χ1) is 24.9. The summed E-state index contributed by atoms with van der Waals surface area (Å²) < 4.78 is 93.1. The van der Waals surface area contributed by atoms with E-state index in [1.807, 2.05) is 0 Å². The summed E-state index contributed by atoms with van der Waals surface area (Å²) in [6, 6.07) is 17.5. The Morgan fingerprint density at radius 3 is 1.06 bits per heavy atom. The Morgan fingerprint density at radius 2 is 0.788 bits per heavy atom. The fourth-order valence-electron chi connectivity index (χ4n) is 4.10. The van der Waals surface area contributed by atoms with Gasteiger partial charge in [0, 0.05) is 0 Å². The molecule has 0 fully saturated rings. The molecule has 22 heteroatoms. The summed E-state index contributed by atoms with van der Waals surface area (Å²) in [4.78, 5) is 8.09. The summed E-state index contributed by atoms with van der Waals surface area (Å²) in [5.74, 6) is 0. The molecule has 0 saturated carbocycles. The quantitative estimate of drug-likeness (QED) is 0.0556. The van der Waals surface area contributed by atoms with Crippen LogP contribution in [-0.2, 0) is 47.2 Å². The summed E-state index contributed by atoms with van der Waals surface area (Å²) >= 11 is 0. The molecule has 18 nitrogen and oxygen atoms in total. The van der Waals surface area contributed by atoms with E-state index in [-0.39, 0.29) is 72.2 Å². The number of hydrogen-bond acceptors (Lipinski definition) is 12. The molecule has 0 radical (unpaired) electrons. The predicted octanol–water partition coefficient (Wildman–Crippen LogP) is 9.40. The third-order valence-electron chi connectivity index (χ3n) is 6.07. The highest BCUT2D eigenvalue weighted by Crippen LogP contribution is 2.54. The van der Waals surface area contributed by atoms with Gasteiger partial charge in [0.2, 0.25) is 0 Å². The first-order valence-corrected chi connectivity index (χ1v) is 22.1. The average Bonchev–Trinajstić information content (AvgIpc) is 3.11. The summed E-state index contributed by atoms with van der Waals surface area (Å²) in [5.41, 5.74) is -0.694. The monoisotopic (exact) mass is 802 g/mol.